The van der Waals surface area contributed by atoms with Crippen molar-refractivity contribution in [2.75, 3.05) is 6.54 Å². The molecule has 0 aliphatic carbocycles. The van der Waals surface area contributed by atoms with Crippen LogP contribution in [0.5, 0.6) is 0 Å². The van der Waals surface area contributed by atoms with Gasteiger partial charge in [-0.25, -0.2) is 4.79 Å². The SMILES string of the molecule is C=CN1CC(/C=C/C(=O)O)CCCC1=O. The molecule has 0 aromatic heterocycles. The van der Waals surface area contributed by atoms with Crippen molar-refractivity contribution in [3.05, 3.63) is 24.9 Å². The Kier molecular flexibility index (Phi) is 4.09. The predicted molar refractivity (Wildman–Crippen MR) is 56.0 cm³/mol. The van der Waals surface area contributed by atoms with Crippen LogP contribution in [-0.4, -0.2) is 28.4 Å². The van der Waals surface area contributed by atoms with Gasteiger partial charge in [-0.15, -0.1) is 0 Å². The summed E-state index contributed by atoms with van der Waals surface area (Å²) in [5, 5.41) is 8.50. The van der Waals surface area contributed by atoms with Crippen LogP contribution in [0.1, 0.15) is 19.3 Å². The number of nitrogens with zero attached hydrogens (tertiary/aromatic N) is 1. The first-order chi connectivity index (χ1) is 7.13. The van der Waals surface area contributed by atoms with Gasteiger partial charge < -0.3 is 10.0 Å². The van der Waals surface area contributed by atoms with Gasteiger partial charge in [0.05, 0.1) is 0 Å². The molecule has 1 aliphatic rings. The zero-order chi connectivity index (χ0) is 11.3. The molecule has 1 fully saturated rings. The molecule has 1 rings (SSSR count). The largest absolute Gasteiger partial charge is 0.478 e. The molecule has 0 aromatic carbocycles. The minimum absolute atomic E-state index is 0.0659. The number of amides is 1. The van der Waals surface area contributed by atoms with E-state index >= 15 is 0 Å². The molecule has 1 atom stereocenters. The second-order valence-corrected chi connectivity index (χ2v) is 3.58. The van der Waals surface area contributed by atoms with Gasteiger partial charge in [0.1, 0.15) is 0 Å². The minimum Gasteiger partial charge on any atom is -0.478 e. The molecule has 1 amide bonds. The quantitative estimate of drug-likeness (QED) is 0.715. The fourth-order valence-electron chi connectivity index (χ4n) is 1.66. The number of hydrogen-bond acceptors (Lipinski definition) is 2. The molecule has 0 aromatic rings. The summed E-state index contributed by atoms with van der Waals surface area (Å²) < 4.78 is 0. The van der Waals surface area contributed by atoms with E-state index in [-0.39, 0.29) is 11.8 Å². The molecule has 0 bridgehead atoms. The number of carbonyl (C=O) groups excluding carboxylic acids is 1. The van der Waals surface area contributed by atoms with Crippen LogP contribution in [0, 0.1) is 5.92 Å². The van der Waals surface area contributed by atoms with Gasteiger partial charge in [-0.1, -0.05) is 12.7 Å². The number of rotatable bonds is 3. The fourth-order valence-corrected chi connectivity index (χ4v) is 1.66. The first-order valence-corrected chi connectivity index (χ1v) is 4.96. The molecule has 1 N–H and O–H groups in total. The Labute approximate surface area is 88.9 Å². The van der Waals surface area contributed by atoms with Crippen molar-refractivity contribution in [1.29, 1.82) is 0 Å². The molecule has 4 nitrogen and oxygen atoms in total. The van der Waals surface area contributed by atoms with Crippen LogP contribution < -0.4 is 0 Å². The summed E-state index contributed by atoms with van der Waals surface area (Å²) in [4.78, 5) is 23.4. The summed E-state index contributed by atoms with van der Waals surface area (Å²) in [6.07, 6.45) is 6.47. The lowest BCUT2D eigenvalue weighted by atomic mass is 10.0. The van der Waals surface area contributed by atoms with E-state index in [9.17, 15) is 9.59 Å². The first-order valence-electron chi connectivity index (χ1n) is 4.96. The molecule has 1 heterocycles. The highest BCUT2D eigenvalue weighted by Gasteiger charge is 2.19. The third-order valence-corrected chi connectivity index (χ3v) is 2.45. The van der Waals surface area contributed by atoms with Gasteiger partial charge in [0.2, 0.25) is 5.91 Å². The Morgan fingerprint density at radius 3 is 2.93 bits per heavy atom. The van der Waals surface area contributed by atoms with Gasteiger partial charge in [-0.05, 0) is 25.0 Å². The molecule has 15 heavy (non-hydrogen) atoms. The van der Waals surface area contributed by atoms with E-state index in [0.717, 1.165) is 18.9 Å². The minimum atomic E-state index is -0.948. The molecular weight excluding hydrogens is 194 g/mol. The smallest absolute Gasteiger partial charge is 0.327 e. The summed E-state index contributed by atoms with van der Waals surface area (Å²) in [6.45, 7) is 4.10. The topological polar surface area (TPSA) is 57.6 Å². The molecule has 0 spiro atoms. The average molecular weight is 209 g/mol. The number of aliphatic carboxylic acids is 1. The monoisotopic (exact) mass is 209 g/mol. The maximum absolute atomic E-state index is 11.4. The third kappa shape index (κ3) is 3.58. The van der Waals surface area contributed by atoms with Gasteiger partial charge in [0.15, 0.2) is 0 Å². The second-order valence-electron chi connectivity index (χ2n) is 3.58. The van der Waals surface area contributed by atoms with Crippen LogP contribution >= 0.6 is 0 Å². The maximum atomic E-state index is 11.4. The Morgan fingerprint density at radius 1 is 1.60 bits per heavy atom. The summed E-state index contributed by atoms with van der Waals surface area (Å²) >= 11 is 0. The van der Waals surface area contributed by atoms with E-state index in [1.165, 1.54) is 6.20 Å². The molecular formula is C11H15NO3. The van der Waals surface area contributed by atoms with Gasteiger partial charge >= 0.3 is 5.97 Å². The van der Waals surface area contributed by atoms with E-state index in [1.807, 2.05) is 0 Å². The number of carbonyl (C=O) groups is 2. The number of carboxylic acids is 1. The summed E-state index contributed by atoms with van der Waals surface area (Å²) in [5.41, 5.74) is 0. The maximum Gasteiger partial charge on any atom is 0.327 e. The van der Waals surface area contributed by atoms with Crippen molar-refractivity contribution in [3.8, 4) is 0 Å². The van der Waals surface area contributed by atoms with Crippen molar-refractivity contribution in [3.63, 3.8) is 0 Å². The molecule has 1 unspecified atom stereocenters. The van der Waals surface area contributed by atoms with Gasteiger partial charge in [-0.2, -0.15) is 0 Å². The summed E-state index contributed by atoms with van der Waals surface area (Å²) in [6, 6.07) is 0. The lowest BCUT2D eigenvalue weighted by Gasteiger charge is -2.18. The van der Waals surface area contributed by atoms with Crippen LogP contribution in [0.25, 0.3) is 0 Å². The van der Waals surface area contributed by atoms with Crippen molar-refractivity contribution >= 4 is 11.9 Å². The van der Waals surface area contributed by atoms with Crippen molar-refractivity contribution in [1.82, 2.24) is 4.90 Å². The number of hydrogen-bond donors (Lipinski definition) is 1. The van der Waals surface area contributed by atoms with Gasteiger partial charge in [0, 0.05) is 19.0 Å². The molecule has 1 saturated heterocycles. The average Bonchev–Trinajstić information content (AvgIpc) is 2.37. The fraction of sp³-hybridized carbons (Fsp3) is 0.455. The highest BCUT2D eigenvalue weighted by Crippen LogP contribution is 2.18. The second kappa shape index (κ2) is 5.34. The Hall–Kier alpha value is -1.58. The van der Waals surface area contributed by atoms with E-state index < -0.39 is 5.97 Å². The first kappa shape index (κ1) is 11.5. The van der Waals surface area contributed by atoms with Crippen LogP contribution in [0.4, 0.5) is 0 Å². The molecule has 82 valence electrons. The predicted octanol–water partition coefficient (Wildman–Crippen LogP) is 1.40. The van der Waals surface area contributed by atoms with Crippen LogP contribution in [0.2, 0.25) is 0 Å². The molecule has 0 saturated carbocycles. The van der Waals surface area contributed by atoms with Crippen LogP contribution in [-0.2, 0) is 9.59 Å². The van der Waals surface area contributed by atoms with E-state index in [0.29, 0.717) is 13.0 Å². The molecule has 1 aliphatic heterocycles. The van der Waals surface area contributed by atoms with Gasteiger partial charge in [0.25, 0.3) is 0 Å². The standard InChI is InChI=1S/C11H15NO3/c1-2-12-8-9(6-7-11(14)15)4-3-5-10(12)13/h2,6-7,9H,1,3-5,8H2,(H,14,15)/b7-6+. The van der Waals surface area contributed by atoms with E-state index in [4.69, 9.17) is 5.11 Å². The molecule has 4 heteroatoms. The zero-order valence-corrected chi connectivity index (χ0v) is 8.56. The Morgan fingerprint density at radius 2 is 2.33 bits per heavy atom. The Balaban J connectivity index is 2.63. The normalized spacial score (nSPS) is 22.8. The lowest BCUT2D eigenvalue weighted by Crippen LogP contribution is -2.27. The van der Waals surface area contributed by atoms with Gasteiger partial charge in [-0.3, -0.25) is 4.79 Å². The summed E-state index contributed by atoms with van der Waals surface area (Å²) in [7, 11) is 0. The Bertz CT molecular complexity index is 296. The highest BCUT2D eigenvalue weighted by molar-refractivity contribution is 5.80. The zero-order valence-electron chi connectivity index (χ0n) is 8.56. The van der Waals surface area contributed by atoms with Crippen LogP contribution in [0.15, 0.2) is 24.9 Å². The van der Waals surface area contributed by atoms with E-state index in [1.54, 1.807) is 11.0 Å². The van der Waals surface area contributed by atoms with Crippen molar-refractivity contribution in [2.45, 2.75) is 19.3 Å². The summed E-state index contributed by atoms with van der Waals surface area (Å²) in [5.74, 6) is -0.766. The lowest BCUT2D eigenvalue weighted by molar-refractivity contribution is -0.131. The highest BCUT2D eigenvalue weighted by atomic mass is 16.4. The molecule has 0 radical (unpaired) electrons. The van der Waals surface area contributed by atoms with Crippen LogP contribution in [0.3, 0.4) is 0 Å². The van der Waals surface area contributed by atoms with Crippen molar-refractivity contribution < 1.29 is 14.7 Å². The van der Waals surface area contributed by atoms with Crippen molar-refractivity contribution in [2.24, 2.45) is 5.92 Å². The third-order valence-electron chi connectivity index (χ3n) is 2.45. The number of carboxylic acid groups (broad SMARTS) is 1. The van der Waals surface area contributed by atoms with E-state index in [2.05, 4.69) is 6.58 Å². The number of likely N-dealkylation sites (tertiary alicyclic amines) is 1.